The second-order valence-corrected chi connectivity index (χ2v) is 7.89. The zero-order valence-electron chi connectivity index (χ0n) is 17.8. The van der Waals surface area contributed by atoms with Crippen LogP contribution in [0, 0.1) is 12.7 Å². The minimum absolute atomic E-state index is 0.0321. The van der Waals surface area contributed by atoms with Crippen LogP contribution in [0.1, 0.15) is 41.4 Å². The van der Waals surface area contributed by atoms with E-state index in [0.717, 1.165) is 0 Å². The SMILES string of the molecule is Cc1nn(-c2ccc(F)cc2)c2c1c(=O)c(C(=O)Nc1ccc(C(C)C)cc1)cn2C. The average molecular weight is 418 g/mol. The fourth-order valence-electron chi connectivity index (χ4n) is 3.63. The van der Waals surface area contributed by atoms with Crippen LogP contribution in [0.15, 0.2) is 59.5 Å². The molecule has 6 nitrogen and oxygen atoms in total. The van der Waals surface area contributed by atoms with E-state index in [4.69, 9.17) is 0 Å². The number of hydrogen-bond acceptors (Lipinski definition) is 3. The largest absolute Gasteiger partial charge is 0.334 e. The van der Waals surface area contributed by atoms with E-state index in [1.54, 1.807) is 35.4 Å². The van der Waals surface area contributed by atoms with Crippen molar-refractivity contribution >= 4 is 22.6 Å². The standard InChI is InChI=1S/C24H23FN4O2/c1-14(2)16-5-9-18(10-6-16)26-23(31)20-13-28(4)24-21(22(20)30)15(3)27-29(24)19-11-7-17(25)8-12-19/h5-14H,1-4H3,(H,26,31). The highest BCUT2D eigenvalue weighted by atomic mass is 19.1. The van der Waals surface area contributed by atoms with Crippen LogP contribution in [0.4, 0.5) is 10.1 Å². The maximum Gasteiger partial charge on any atom is 0.261 e. The Morgan fingerprint density at radius 2 is 1.71 bits per heavy atom. The third kappa shape index (κ3) is 3.74. The molecule has 0 unspecified atom stereocenters. The number of carbonyl (C=O) groups excluding carboxylic acids is 1. The van der Waals surface area contributed by atoms with E-state index in [-0.39, 0.29) is 11.4 Å². The fraction of sp³-hybridized carbons (Fsp3) is 0.208. The number of pyridine rings is 1. The first-order valence-electron chi connectivity index (χ1n) is 10.0. The van der Waals surface area contributed by atoms with Gasteiger partial charge in [0.1, 0.15) is 17.0 Å². The molecule has 2 aromatic carbocycles. The molecule has 0 fully saturated rings. The van der Waals surface area contributed by atoms with Gasteiger partial charge in [-0.05, 0) is 54.8 Å². The van der Waals surface area contributed by atoms with E-state index in [1.807, 2.05) is 24.3 Å². The number of aryl methyl sites for hydroxylation is 2. The van der Waals surface area contributed by atoms with Gasteiger partial charge < -0.3 is 9.88 Å². The first kappa shape index (κ1) is 20.5. The van der Waals surface area contributed by atoms with Crippen LogP contribution in [-0.2, 0) is 7.05 Å². The molecule has 158 valence electrons. The molecule has 1 N–H and O–H groups in total. The zero-order valence-corrected chi connectivity index (χ0v) is 17.8. The predicted molar refractivity (Wildman–Crippen MR) is 119 cm³/mol. The van der Waals surface area contributed by atoms with Crippen molar-refractivity contribution in [3.63, 3.8) is 0 Å². The number of nitrogens with one attached hydrogen (secondary N) is 1. The first-order valence-corrected chi connectivity index (χ1v) is 10.0. The number of benzene rings is 2. The van der Waals surface area contributed by atoms with Crippen molar-refractivity contribution in [3.05, 3.63) is 87.6 Å². The molecule has 2 heterocycles. The molecule has 0 aliphatic carbocycles. The molecule has 0 bridgehead atoms. The fourth-order valence-corrected chi connectivity index (χ4v) is 3.63. The van der Waals surface area contributed by atoms with Gasteiger partial charge in [-0.25, -0.2) is 9.07 Å². The highest BCUT2D eigenvalue weighted by Crippen LogP contribution is 2.21. The summed E-state index contributed by atoms with van der Waals surface area (Å²) < 4.78 is 16.6. The summed E-state index contributed by atoms with van der Waals surface area (Å²) in [7, 11) is 1.75. The molecule has 4 rings (SSSR count). The number of nitrogens with zero attached hydrogens (tertiary/aromatic N) is 3. The van der Waals surface area contributed by atoms with Gasteiger partial charge in [0, 0.05) is 18.9 Å². The summed E-state index contributed by atoms with van der Waals surface area (Å²) in [5, 5.41) is 7.62. The molecular formula is C24H23FN4O2. The number of carbonyl (C=O) groups is 1. The van der Waals surface area contributed by atoms with E-state index < -0.39 is 11.3 Å². The van der Waals surface area contributed by atoms with Gasteiger partial charge in [-0.3, -0.25) is 9.59 Å². The highest BCUT2D eigenvalue weighted by Gasteiger charge is 2.21. The van der Waals surface area contributed by atoms with Crippen LogP contribution >= 0.6 is 0 Å². The number of hydrogen-bond donors (Lipinski definition) is 1. The molecule has 31 heavy (non-hydrogen) atoms. The van der Waals surface area contributed by atoms with Gasteiger partial charge in [-0.15, -0.1) is 0 Å². The van der Waals surface area contributed by atoms with Crippen molar-refractivity contribution < 1.29 is 9.18 Å². The maximum atomic E-state index is 13.3. The maximum absolute atomic E-state index is 13.3. The van der Waals surface area contributed by atoms with E-state index in [1.165, 1.54) is 23.9 Å². The molecule has 0 atom stereocenters. The van der Waals surface area contributed by atoms with Gasteiger partial charge in [0.05, 0.1) is 16.8 Å². The summed E-state index contributed by atoms with van der Waals surface area (Å²) in [6.07, 6.45) is 1.50. The van der Waals surface area contributed by atoms with Crippen LogP contribution in [0.5, 0.6) is 0 Å². The lowest BCUT2D eigenvalue weighted by Gasteiger charge is -2.11. The van der Waals surface area contributed by atoms with Crippen LogP contribution in [0.3, 0.4) is 0 Å². The molecule has 7 heteroatoms. The summed E-state index contributed by atoms with van der Waals surface area (Å²) in [5.41, 5.74) is 3.08. The van der Waals surface area contributed by atoms with Crippen molar-refractivity contribution in [2.45, 2.75) is 26.7 Å². The van der Waals surface area contributed by atoms with E-state index in [0.29, 0.717) is 34.0 Å². The normalized spacial score (nSPS) is 11.3. The Labute approximate surface area is 178 Å². The van der Waals surface area contributed by atoms with Gasteiger partial charge >= 0.3 is 0 Å². The molecule has 0 aliphatic heterocycles. The Balaban J connectivity index is 1.75. The van der Waals surface area contributed by atoms with Gasteiger partial charge in [-0.1, -0.05) is 26.0 Å². The lowest BCUT2D eigenvalue weighted by Crippen LogP contribution is -2.23. The summed E-state index contributed by atoms with van der Waals surface area (Å²) in [4.78, 5) is 26.1. The number of aromatic nitrogens is 3. The molecule has 2 aromatic heterocycles. The quantitative estimate of drug-likeness (QED) is 0.529. The predicted octanol–water partition coefficient (Wildman–Crippen LogP) is 4.55. The molecule has 0 aliphatic rings. The summed E-state index contributed by atoms with van der Waals surface area (Å²) >= 11 is 0. The topological polar surface area (TPSA) is 68.9 Å². The number of fused-ring (bicyclic) bond motifs is 1. The third-order valence-corrected chi connectivity index (χ3v) is 5.32. The molecule has 0 spiro atoms. The molecular weight excluding hydrogens is 395 g/mol. The zero-order chi connectivity index (χ0) is 22.3. The second kappa shape index (κ2) is 7.83. The minimum Gasteiger partial charge on any atom is -0.334 e. The Morgan fingerprint density at radius 1 is 1.06 bits per heavy atom. The van der Waals surface area contributed by atoms with Crippen molar-refractivity contribution in [2.24, 2.45) is 7.05 Å². The number of amides is 1. The van der Waals surface area contributed by atoms with Gasteiger partial charge in [0.15, 0.2) is 0 Å². The summed E-state index contributed by atoms with van der Waals surface area (Å²) in [6.45, 7) is 5.91. The van der Waals surface area contributed by atoms with Crippen LogP contribution in [-0.4, -0.2) is 20.3 Å². The highest BCUT2D eigenvalue weighted by molar-refractivity contribution is 6.05. The summed E-state index contributed by atoms with van der Waals surface area (Å²) in [5.74, 6) is -0.444. The van der Waals surface area contributed by atoms with Crippen molar-refractivity contribution in [3.8, 4) is 5.69 Å². The number of rotatable bonds is 4. The second-order valence-electron chi connectivity index (χ2n) is 7.89. The molecule has 1 amide bonds. The lowest BCUT2D eigenvalue weighted by molar-refractivity contribution is 0.102. The van der Waals surface area contributed by atoms with Crippen molar-refractivity contribution in [2.75, 3.05) is 5.32 Å². The molecule has 4 aromatic rings. The minimum atomic E-state index is -0.478. The van der Waals surface area contributed by atoms with Crippen LogP contribution in [0.2, 0.25) is 0 Å². The number of halogens is 1. The van der Waals surface area contributed by atoms with Crippen molar-refractivity contribution in [1.29, 1.82) is 0 Å². The molecule has 0 saturated carbocycles. The van der Waals surface area contributed by atoms with Crippen LogP contribution < -0.4 is 10.7 Å². The van der Waals surface area contributed by atoms with E-state index >= 15 is 0 Å². The number of anilines is 1. The Bertz CT molecular complexity index is 1330. The lowest BCUT2D eigenvalue weighted by atomic mass is 10.0. The Morgan fingerprint density at radius 3 is 2.32 bits per heavy atom. The van der Waals surface area contributed by atoms with Gasteiger partial charge in [0.25, 0.3) is 5.91 Å². The van der Waals surface area contributed by atoms with E-state index in [9.17, 15) is 14.0 Å². The monoisotopic (exact) mass is 418 g/mol. The van der Waals surface area contributed by atoms with E-state index in [2.05, 4.69) is 24.3 Å². The Hall–Kier alpha value is -3.74. The smallest absolute Gasteiger partial charge is 0.261 e. The third-order valence-electron chi connectivity index (χ3n) is 5.32. The Kier molecular flexibility index (Phi) is 5.19. The van der Waals surface area contributed by atoms with Crippen molar-refractivity contribution in [1.82, 2.24) is 14.3 Å². The average Bonchev–Trinajstić information content (AvgIpc) is 3.09. The first-order chi connectivity index (χ1) is 14.8. The summed E-state index contributed by atoms with van der Waals surface area (Å²) in [6, 6.07) is 13.4. The van der Waals surface area contributed by atoms with Crippen LogP contribution in [0.25, 0.3) is 16.7 Å². The molecule has 0 radical (unpaired) electrons. The van der Waals surface area contributed by atoms with Gasteiger partial charge in [0.2, 0.25) is 5.43 Å². The van der Waals surface area contributed by atoms with Gasteiger partial charge in [-0.2, -0.15) is 5.10 Å². The molecule has 0 saturated heterocycles.